The minimum absolute atomic E-state index is 0.276. The van der Waals surface area contributed by atoms with E-state index in [9.17, 15) is 5.11 Å². The van der Waals surface area contributed by atoms with Crippen LogP contribution in [0.4, 0.5) is 0 Å². The Morgan fingerprint density at radius 3 is 2.74 bits per heavy atom. The number of aromatic nitrogens is 1. The van der Waals surface area contributed by atoms with E-state index in [-0.39, 0.29) is 6.61 Å². The second-order valence-electron chi connectivity index (χ2n) is 4.69. The van der Waals surface area contributed by atoms with Gasteiger partial charge in [-0.3, -0.25) is 4.68 Å². The minimum atomic E-state index is -0.553. The van der Waals surface area contributed by atoms with Crippen LogP contribution < -0.4 is 10.2 Å². The fourth-order valence-corrected chi connectivity index (χ4v) is 1.76. The summed E-state index contributed by atoms with van der Waals surface area (Å²) in [4.78, 5) is 0. The number of aryl methyl sites for hydroxylation is 2. The predicted molar refractivity (Wildman–Crippen MR) is 76.1 cm³/mol. The van der Waals surface area contributed by atoms with E-state index in [1.807, 2.05) is 56.6 Å². The minimum Gasteiger partial charge on any atom is -0.491 e. The lowest BCUT2D eigenvalue weighted by molar-refractivity contribution is 0.115. The fourth-order valence-electron chi connectivity index (χ4n) is 1.76. The normalized spacial score (nSPS) is 12.2. The molecular formula is C15H20N2O2. The van der Waals surface area contributed by atoms with Crippen LogP contribution in [-0.2, 0) is 0 Å². The summed E-state index contributed by atoms with van der Waals surface area (Å²) in [6.45, 7) is 4.74. The summed E-state index contributed by atoms with van der Waals surface area (Å²) in [6, 6.07) is 9.90. The molecule has 0 spiro atoms. The largest absolute Gasteiger partial charge is 0.491 e. The van der Waals surface area contributed by atoms with Gasteiger partial charge in [-0.1, -0.05) is 12.1 Å². The molecule has 0 bridgehead atoms. The first kappa shape index (κ1) is 13.5. The Morgan fingerprint density at radius 2 is 2.00 bits per heavy atom. The number of nitrogens with one attached hydrogen (secondary N) is 1. The lowest BCUT2D eigenvalue weighted by atomic mass is 10.1. The molecular weight excluding hydrogens is 240 g/mol. The maximum absolute atomic E-state index is 9.87. The maximum atomic E-state index is 9.87. The van der Waals surface area contributed by atoms with Gasteiger partial charge in [0, 0.05) is 12.4 Å². The van der Waals surface area contributed by atoms with Crippen molar-refractivity contribution in [2.24, 2.45) is 0 Å². The summed E-state index contributed by atoms with van der Waals surface area (Å²) < 4.78 is 7.46. The van der Waals surface area contributed by atoms with E-state index in [4.69, 9.17) is 4.74 Å². The molecule has 0 fully saturated rings. The summed E-state index contributed by atoms with van der Waals surface area (Å²) in [5.41, 5.74) is 5.31. The van der Waals surface area contributed by atoms with E-state index >= 15 is 0 Å². The second-order valence-corrected chi connectivity index (χ2v) is 4.69. The van der Waals surface area contributed by atoms with Gasteiger partial charge in [0.1, 0.15) is 18.5 Å². The molecule has 1 aromatic carbocycles. The zero-order chi connectivity index (χ0) is 13.7. The van der Waals surface area contributed by atoms with Gasteiger partial charge in [-0.25, -0.2) is 0 Å². The number of benzene rings is 1. The number of hydrogen-bond donors (Lipinski definition) is 2. The number of aliphatic hydroxyl groups excluding tert-OH is 1. The van der Waals surface area contributed by atoms with Crippen LogP contribution in [0.2, 0.25) is 0 Å². The molecule has 1 atom stereocenters. The first-order chi connectivity index (χ1) is 9.15. The van der Waals surface area contributed by atoms with Crippen molar-refractivity contribution in [1.82, 2.24) is 4.68 Å². The molecule has 1 unspecified atom stereocenters. The third-order valence-electron chi connectivity index (χ3n) is 2.89. The molecule has 1 aromatic heterocycles. The number of nitrogens with zero attached hydrogens (tertiary/aromatic N) is 1. The van der Waals surface area contributed by atoms with Crippen molar-refractivity contribution in [3.05, 3.63) is 53.9 Å². The van der Waals surface area contributed by atoms with Gasteiger partial charge < -0.3 is 15.3 Å². The Hall–Kier alpha value is -1.94. The molecule has 0 aliphatic rings. The van der Waals surface area contributed by atoms with Gasteiger partial charge in [0.2, 0.25) is 0 Å². The van der Waals surface area contributed by atoms with Crippen LogP contribution in [0, 0.1) is 13.8 Å². The SMILES string of the molecule is Cc1ccc(C)c(OCC(O)CNn2cccc2)c1. The average Bonchev–Trinajstić information content (AvgIpc) is 2.90. The Labute approximate surface area is 113 Å². The van der Waals surface area contributed by atoms with Crippen LogP contribution in [0.1, 0.15) is 11.1 Å². The summed E-state index contributed by atoms with van der Waals surface area (Å²) >= 11 is 0. The quantitative estimate of drug-likeness (QED) is 0.836. The van der Waals surface area contributed by atoms with Gasteiger partial charge in [-0.05, 0) is 43.2 Å². The van der Waals surface area contributed by atoms with Crippen molar-refractivity contribution in [3.8, 4) is 5.75 Å². The highest BCUT2D eigenvalue weighted by Crippen LogP contribution is 2.19. The summed E-state index contributed by atoms with van der Waals surface area (Å²) in [6.07, 6.45) is 3.22. The van der Waals surface area contributed by atoms with Gasteiger partial charge in [0.05, 0.1) is 6.54 Å². The van der Waals surface area contributed by atoms with Crippen molar-refractivity contribution >= 4 is 0 Å². The molecule has 0 aliphatic carbocycles. The average molecular weight is 260 g/mol. The topological polar surface area (TPSA) is 46.4 Å². The first-order valence-electron chi connectivity index (χ1n) is 6.40. The van der Waals surface area contributed by atoms with Gasteiger partial charge in [-0.15, -0.1) is 0 Å². The van der Waals surface area contributed by atoms with Crippen molar-refractivity contribution in [3.63, 3.8) is 0 Å². The molecule has 19 heavy (non-hydrogen) atoms. The molecule has 4 heteroatoms. The lowest BCUT2D eigenvalue weighted by Gasteiger charge is -2.16. The van der Waals surface area contributed by atoms with Gasteiger partial charge in [0.15, 0.2) is 0 Å². The van der Waals surface area contributed by atoms with Crippen molar-refractivity contribution < 1.29 is 9.84 Å². The standard InChI is InChI=1S/C15H20N2O2/c1-12-5-6-13(2)15(9-12)19-11-14(18)10-16-17-7-3-4-8-17/h3-9,14,16,18H,10-11H2,1-2H3. The molecule has 0 aliphatic heterocycles. The van der Waals surface area contributed by atoms with Crippen LogP contribution in [-0.4, -0.2) is 29.0 Å². The predicted octanol–water partition coefficient (Wildman–Crippen LogP) is 2.09. The highest BCUT2D eigenvalue weighted by Gasteiger charge is 2.06. The van der Waals surface area contributed by atoms with Crippen LogP contribution in [0.15, 0.2) is 42.7 Å². The second kappa shape index (κ2) is 6.29. The Balaban J connectivity index is 1.79. The third kappa shape index (κ3) is 4.03. The Morgan fingerprint density at radius 1 is 1.26 bits per heavy atom. The van der Waals surface area contributed by atoms with Crippen LogP contribution in [0.25, 0.3) is 0 Å². The lowest BCUT2D eigenvalue weighted by Crippen LogP contribution is -2.30. The summed E-state index contributed by atoms with van der Waals surface area (Å²) in [5, 5.41) is 9.87. The van der Waals surface area contributed by atoms with Crippen LogP contribution in [0.3, 0.4) is 0 Å². The van der Waals surface area contributed by atoms with Crippen LogP contribution >= 0.6 is 0 Å². The van der Waals surface area contributed by atoms with E-state index in [1.165, 1.54) is 0 Å². The van der Waals surface area contributed by atoms with E-state index in [1.54, 1.807) is 4.68 Å². The number of hydrogen-bond acceptors (Lipinski definition) is 3. The molecule has 102 valence electrons. The van der Waals surface area contributed by atoms with Gasteiger partial charge >= 0.3 is 0 Å². The van der Waals surface area contributed by atoms with Gasteiger partial charge in [0.25, 0.3) is 0 Å². The molecule has 2 aromatic rings. The first-order valence-corrected chi connectivity index (χ1v) is 6.40. The monoisotopic (exact) mass is 260 g/mol. The van der Waals surface area contributed by atoms with E-state index in [2.05, 4.69) is 5.43 Å². The molecule has 1 heterocycles. The highest BCUT2D eigenvalue weighted by atomic mass is 16.5. The molecule has 0 radical (unpaired) electrons. The number of rotatable bonds is 6. The number of aliphatic hydroxyl groups is 1. The van der Waals surface area contributed by atoms with E-state index in [0.717, 1.165) is 16.9 Å². The molecule has 0 amide bonds. The zero-order valence-corrected chi connectivity index (χ0v) is 11.3. The molecule has 0 saturated heterocycles. The zero-order valence-electron chi connectivity index (χ0n) is 11.3. The third-order valence-corrected chi connectivity index (χ3v) is 2.89. The summed E-state index contributed by atoms with van der Waals surface area (Å²) in [5.74, 6) is 0.833. The molecule has 0 saturated carbocycles. The fraction of sp³-hybridized carbons (Fsp3) is 0.333. The smallest absolute Gasteiger partial charge is 0.122 e. The van der Waals surface area contributed by atoms with Gasteiger partial charge in [-0.2, -0.15) is 0 Å². The van der Waals surface area contributed by atoms with Crippen molar-refractivity contribution in [2.75, 3.05) is 18.6 Å². The molecule has 4 nitrogen and oxygen atoms in total. The van der Waals surface area contributed by atoms with Crippen LogP contribution in [0.5, 0.6) is 5.75 Å². The van der Waals surface area contributed by atoms with Crippen molar-refractivity contribution in [1.29, 1.82) is 0 Å². The maximum Gasteiger partial charge on any atom is 0.122 e. The Kier molecular flexibility index (Phi) is 4.47. The summed E-state index contributed by atoms with van der Waals surface area (Å²) in [7, 11) is 0. The Bertz CT molecular complexity index is 509. The van der Waals surface area contributed by atoms with E-state index < -0.39 is 6.10 Å². The van der Waals surface area contributed by atoms with E-state index in [0.29, 0.717) is 6.54 Å². The molecule has 2 N–H and O–H groups in total. The van der Waals surface area contributed by atoms with Crippen molar-refractivity contribution in [2.45, 2.75) is 20.0 Å². The number of ether oxygens (including phenoxy) is 1. The highest BCUT2D eigenvalue weighted by molar-refractivity contribution is 5.35. The molecule has 2 rings (SSSR count).